The molecule has 1 unspecified atom stereocenters. The van der Waals surface area contributed by atoms with Crippen LogP contribution in [0, 0.1) is 0 Å². The third kappa shape index (κ3) is 4.98. The fourth-order valence-electron chi connectivity index (χ4n) is 2.94. The van der Waals surface area contributed by atoms with Crippen molar-refractivity contribution in [2.75, 3.05) is 25.6 Å². The second kappa shape index (κ2) is 9.50. The van der Waals surface area contributed by atoms with E-state index in [1.165, 1.54) is 11.8 Å². The highest BCUT2D eigenvalue weighted by atomic mass is 32.2. The van der Waals surface area contributed by atoms with E-state index in [4.69, 9.17) is 9.47 Å². The molecular formula is C21H23NO5S. The third-order valence-corrected chi connectivity index (χ3v) is 5.50. The van der Waals surface area contributed by atoms with Crippen LogP contribution in [0.2, 0.25) is 0 Å². The lowest BCUT2D eigenvalue weighted by Gasteiger charge is -2.28. The molecule has 1 N–H and O–H groups in total. The van der Waals surface area contributed by atoms with Crippen molar-refractivity contribution < 1.29 is 24.2 Å². The molecule has 148 valence electrons. The summed E-state index contributed by atoms with van der Waals surface area (Å²) in [5.41, 5.74) is 1.52. The summed E-state index contributed by atoms with van der Waals surface area (Å²) in [6.07, 6.45) is 0.479. The fraction of sp³-hybridized carbons (Fsp3) is 0.333. The predicted molar refractivity (Wildman–Crippen MR) is 108 cm³/mol. The number of thioether (sulfide) groups is 1. The Bertz CT molecular complexity index is 824. The summed E-state index contributed by atoms with van der Waals surface area (Å²) < 4.78 is 11.3. The zero-order valence-electron chi connectivity index (χ0n) is 15.7. The van der Waals surface area contributed by atoms with Crippen molar-refractivity contribution in [2.45, 2.75) is 18.6 Å². The maximum absolute atomic E-state index is 12.5. The van der Waals surface area contributed by atoms with Crippen LogP contribution in [0.5, 0.6) is 11.5 Å². The van der Waals surface area contributed by atoms with Crippen LogP contribution < -0.4 is 9.47 Å². The van der Waals surface area contributed by atoms with Gasteiger partial charge in [-0.3, -0.25) is 9.59 Å². The number of amides is 1. The first-order chi connectivity index (χ1) is 13.6. The Hall–Kier alpha value is -2.67. The average Bonchev–Trinajstić information content (AvgIpc) is 2.70. The molecule has 28 heavy (non-hydrogen) atoms. The number of ether oxygens (including phenoxy) is 2. The quantitative estimate of drug-likeness (QED) is 0.695. The van der Waals surface area contributed by atoms with Gasteiger partial charge in [0.15, 0.2) is 6.73 Å². The van der Waals surface area contributed by atoms with Gasteiger partial charge in [-0.15, -0.1) is 11.8 Å². The molecule has 6 nitrogen and oxygen atoms in total. The Labute approximate surface area is 168 Å². The van der Waals surface area contributed by atoms with Crippen molar-refractivity contribution in [3.05, 3.63) is 59.7 Å². The summed E-state index contributed by atoms with van der Waals surface area (Å²) in [7, 11) is 0. The van der Waals surface area contributed by atoms with E-state index in [-0.39, 0.29) is 12.6 Å². The van der Waals surface area contributed by atoms with Gasteiger partial charge < -0.3 is 19.5 Å². The van der Waals surface area contributed by atoms with Crippen molar-refractivity contribution in [1.82, 2.24) is 4.90 Å². The van der Waals surface area contributed by atoms with E-state index in [1.54, 1.807) is 17.0 Å². The standard InChI is InChI=1S/C21H23NO5S/c1-2-28-19(21(24)25)13-15-7-9-16(10-8-15)26-12-11-22-14-27-18-6-4-3-5-17(18)20(22)23/h3-10,19H,2,11-14H2,1H3,(H,24,25). The Morgan fingerprint density at radius 3 is 2.71 bits per heavy atom. The highest BCUT2D eigenvalue weighted by Gasteiger charge is 2.24. The Morgan fingerprint density at radius 1 is 1.25 bits per heavy atom. The van der Waals surface area contributed by atoms with E-state index in [0.717, 1.165) is 11.3 Å². The molecule has 7 heteroatoms. The summed E-state index contributed by atoms with van der Waals surface area (Å²) in [5, 5.41) is 8.82. The lowest BCUT2D eigenvalue weighted by atomic mass is 10.1. The summed E-state index contributed by atoms with van der Waals surface area (Å²) in [4.78, 5) is 25.3. The second-order valence-corrected chi connectivity index (χ2v) is 7.80. The third-order valence-electron chi connectivity index (χ3n) is 4.40. The number of hydrogen-bond donors (Lipinski definition) is 1. The molecule has 2 aromatic rings. The predicted octanol–water partition coefficient (Wildman–Crippen LogP) is 3.31. The van der Waals surface area contributed by atoms with Crippen LogP contribution in [0.15, 0.2) is 48.5 Å². The minimum absolute atomic E-state index is 0.0612. The van der Waals surface area contributed by atoms with Gasteiger partial charge in [-0.1, -0.05) is 31.2 Å². The molecular weight excluding hydrogens is 378 g/mol. The second-order valence-electron chi connectivity index (χ2n) is 6.32. The molecule has 0 saturated heterocycles. The number of para-hydroxylation sites is 1. The molecule has 0 radical (unpaired) electrons. The van der Waals surface area contributed by atoms with E-state index in [1.807, 2.05) is 43.3 Å². The monoisotopic (exact) mass is 401 g/mol. The van der Waals surface area contributed by atoms with Crippen LogP contribution in [0.25, 0.3) is 0 Å². The normalized spacial score (nSPS) is 14.2. The number of rotatable bonds is 9. The maximum atomic E-state index is 12.5. The molecule has 0 bridgehead atoms. The molecule has 0 aliphatic carbocycles. The molecule has 1 aliphatic rings. The van der Waals surface area contributed by atoms with Crippen molar-refractivity contribution in [3.63, 3.8) is 0 Å². The van der Waals surface area contributed by atoms with Gasteiger partial charge in [0.1, 0.15) is 23.4 Å². The zero-order valence-corrected chi connectivity index (χ0v) is 16.5. The first kappa shape index (κ1) is 20.1. The van der Waals surface area contributed by atoms with Gasteiger partial charge >= 0.3 is 5.97 Å². The molecule has 0 spiro atoms. The Balaban J connectivity index is 1.49. The number of nitrogens with zero attached hydrogens (tertiary/aromatic N) is 1. The van der Waals surface area contributed by atoms with E-state index >= 15 is 0 Å². The zero-order chi connectivity index (χ0) is 19.9. The highest BCUT2D eigenvalue weighted by Crippen LogP contribution is 2.24. The fourth-order valence-corrected chi connectivity index (χ4v) is 3.80. The van der Waals surface area contributed by atoms with Crippen molar-refractivity contribution >= 4 is 23.6 Å². The lowest BCUT2D eigenvalue weighted by Crippen LogP contribution is -2.40. The van der Waals surface area contributed by atoms with Crippen LogP contribution in [-0.2, 0) is 11.2 Å². The van der Waals surface area contributed by atoms with E-state index in [0.29, 0.717) is 36.6 Å². The molecule has 0 saturated carbocycles. The smallest absolute Gasteiger partial charge is 0.316 e. The molecule has 1 atom stereocenters. The van der Waals surface area contributed by atoms with Gasteiger partial charge in [0, 0.05) is 0 Å². The first-order valence-electron chi connectivity index (χ1n) is 9.15. The van der Waals surface area contributed by atoms with Gasteiger partial charge in [0.25, 0.3) is 5.91 Å². The Kier molecular flexibility index (Phi) is 6.81. The number of carbonyl (C=O) groups is 2. The van der Waals surface area contributed by atoms with Crippen LogP contribution in [0.3, 0.4) is 0 Å². The largest absolute Gasteiger partial charge is 0.492 e. The summed E-state index contributed by atoms with van der Waals surface area (Å²) >= 11 is 1.43. The van der Waals surface area contributed by atoms with Gasteiger partial charge in [0.05, 0.1) is 12.1 Å². The number of carboxylic acids is 1. The van der Waals surface area contributed by atoms with Crippen LogP contribution >= 0.6 is 11.8 Å². The maximum Gasteiger partial charge on any atom is 0.316 e. The molecule has 1 aliphatic heterocycles. The van der Waals surface area contributed by atoms with Crippen molar-refractivity contribution in [3.8, 4) is 11.5 Å². The first-order valence-corrected chi connectivity index (χ1v) is 10.2. The molecule has 1 amide bonds. The molecule has 0 aromatic heterocycles. The lowest BCUT2D eigenvalue weighted by molar-refractivity contribution is -0.136. The van der Waals surface area contributed by atoms with Gasteiger partial charge in [-0.05, 0) is 42.0 Å². The molecule has 2 aromatic carbocycles. The number of hydrogen-bond acceptors (Lipinski definition) is 5. The van der Waals surface area contributed by atoms with E-state index in [9.17, 15) is 14.7 Å². The highest BCUT2D eigenvalue weighted by molar-refractivity contribution is 8.00. The van der Waals surface area contributed by atoms with E-state index in [2.05, 4.69) is 0 Å². The number of fused-ring (bicyclic) bond motifs is 1. The van der Waals surface area contributed by atoms with Crippen LogP contribution in [-0.4, -0.2) is 52.8 Å². The number of aliphatic carboxylic acids is 1. The molecule has 0 fully saturated rings. The van der Waals surface area contributed by atoms with E-state index < -0.39 is 11.2 Å². The molecule has 1 heterocycles. The SMILES string of the molecule is CCSC(Cc1ccc(OCCN2COc3ccccc3C2=O)cc1)C(=O)O. The van der Waals surface area contributed by atoms with Gasteiger partial charge in [0.2, 0.25) is 0 Å². The minimum Gasteiger partial charge on any atom is -0.492 e. The summed E-state index contributed by atoms with van der Waals surface area (Å²) in [5.74, 6) is 1.21. The number of benzene rings is 2. The summed E-state index contributed by atoms with van der Waals surface area (Å²) in [6, 6.07) is 14.6. The molecule has 3 rings (SSSR count). The van der Waals surface area contributed by atoms with Crippen molar-refractivity contribution in [1.29, 1.82) is 0 Å². The minimum atomic E-state index is -0.790. The van der Waals surface area contributed by atoms with Gasteiger partial charge in [-0.2, -0.15) is 0 Å². The summed E-state index contributed by atoms with van der Waals surface area (Å²) in [6.45, 7) is 2.93. The number of carbonyl (C=O) groups excluding carboxylic acids is 1. The van der Waals surface area contributed by atoms with Crippen molar-refractivity contribution in [2.24, 2.45) is 0 Å². The number of carboxylic acid groups (broad SMARTS) is 1. The Morgan fingerprint density at radius 2 is 2.00 bits per heavy atom. The van der Waals surface area contributed by atoms with Crippen LogP contribution in [0.1, 0.15) is 22.8 Å². The topological polar surface area (TPSA) is 76.1 Å². The van der Waals surface area contributed by atoms with Gasteiger partial charge in [-0.25, -0.2) is 0 Å². The average molecular weight is 401 g/mol. The van der Waals surface area contributed by atoms with Crippen LogP contribution in [0.4, 0.5) is 0 Å².